The quantitative estimate of drug-likeness (QED) is 0.190. The molecule has 0 spiro atoms. The Morgan fingerprint density at radius 2 is 1.72 bits per heavy atom. The van der Waals surface area contributed by atoms with Crippen molar-refractivity contribution >= 4 is 22.7 Å². The fourth-order valence-corrected chi connectivity index (χ4v) is 4.92. The van der Waals surface area contributed by atoms with Crippen molar-refractivity contribution in [1.82, 2.24) is 14.5 Å². The van der Waals surface area contributed by atoms with Crippen LogP contribution < -0.4 is 15.0 Å². The molecular weight excluding hydrogens is 474 g/mol. The van der Waals surface area contributed by atoms with Crippen molar-refractivity contribution in [3.8, 4) is 28.6 Å². The van der Waals surface area contributed by atoms with Gasteiger partial charge in [0.05, 0.1) is 41.6 Å². The van der Waals surface area contributed by atoms with Crippen molar-refractivity contribution in [2.45, 2.75) is 24.8 Å². The number of oxazole rings is 1. The Hall–Kier alpha value is -4.04. The van der Waals surface area contributed by atoms with Crippen LogP contribution in [0.5, 0.6) is 11.5 Å². The van der Waals surface area contributed by atoms with Crippen LogP contribution in [0, 0.1) is 6.92 Å². The number of ether oxygens (including phenoxy) is 2. The van der Waals surface area contributed by atoms with Crippen LogP contribution in [0.25, 0.3) is 28.0 Å². The molecule has 0 amide bonds. The van der Waals surface area contributed by atoms with Crippen LogP contribution in [-0.2, 0) is 5.75 Å². The van der Waals surface area contributed by atoms with Crippen molar-refractivity contribution in [3.63, 3.8) is 0 Å². The number of rotatable bonds is 8. The van der Waals surface area contributed by atoms with Crippen LogP contribution in [0.2, 0.25) is 0 Å². The molecule has 0 aliphatic heterocycles. The lowest BCUT2D eigenvalue weighted by Gasteiger charge is -2.13. The van der Waals surface area contributed by atoms with Gasteiger partial charge in [-0.15, -0.1) is 0 Å². The third kappa shape index (κ3) is 4.59. The molecule has 8 heteroatoms. The summed E-state index contributed by atoms with van der Waals surface area (Å²) in [5.74, 6) is 3.14. The Morgan fingerprint density at radius 3 is 2.50 bits per heavy atom. The minimum atomic E-state index is -0.128. The van der Waals surface area contributed by atoms with Gasteiger partial charge < -0.3 is 13.9 Å². The van der Waals surface area contributed by atoms with Crippen molar-refractivity contribution in [2.75, 3.05) is 13.7 Å². The van der Waals surface area contributed by atoms with E-state index in [0.29, 0.717) is 51.5 Å². The molecule has 0 atom stereocenters. The highest BCUT2D eigenvalue weighted by Gasteiger charge is 2.18. The Bertz CT molecular complexity index is 1570. The Kier molecular flexibility index (Phi) is 6.77. The molecule has 2 heterocycles. The molecule has 5 rings (SSSR count). The van der Waals surface area contributed by atoms with Crippen LogP contribution in [0.4, 0.5) is 0 Å². The number of hydrogen-bond donors (Lipinski definition) is 0. The highest BCUT2D eigenvalue weighted by Crippen LogP contribution is 2.33. The van der Waals surface area contributed by atoms with E-state index in [1.165, 1.54) is 11.8 Å². The highest BCUT2D eigenvalue weighted by atomic mass is 32.2. The lowest BCUT2D eigenvalue weighted by Crippen LogP contribution is -2.21. The molecule has 0 aliphatic rings. The molecule has 36 heavy (non-hydrogen) atoms. The number of thioether (sulfide) groups is 1. The normalized spacial score (nSPS) is 11.1. The van der Waals surface area contributed by atoms with Crippen molar-refractivity contribution in [1.29, 1.82) is 0 Å². The Morgan fingerprint density at radius 1 is 0.972 bits per heavy atom. The van der Waals surface area contributed by atoms with E-state index in [1.807, 2.05) is 80.6 Å². The van der Waals surface area contributed by atoms with E-state index in [-0.39, 0.29) is 5.56 Å². The zero-order valence-electron chi connectivity index (χ0n) is 20.2. The largest absolute Gasteiger partial charge is 0.497 e. The summed E-state index contributed by atoms with van der Waals surface area (Å²) in [4.78, 5) is 23.1. The van der Waals surface area contributed by atoms with Crippen molar-refractivity contribution in [2.24, 2.45) is 0 Å². The fraction of sp³-hybridized carbons (Fsp3) is 0.179. The first-order chi connectivity index (χ1) is 17.6. The maximum atomic E-state index is 13.5. The number of methoxy groups -OCH3 is 1. The van der Waals surface area contributed by atoms with Crippen LogP contribution in [-0.4, -0.2) is 28.3 Å². The van der Waals surface area contributed by atoms with Crippen LogP contribution in [0.1, 0.15) is 18.4 Å². The van der Waals surface area contributed by atoms with Gasteiger partial charge in [-0.1, -0.05) is 36.0 Å². The maximum Gasteiger partial charge on any atom is 0.266 e. The molecule has 5 aromatic rings. The number of hydrogen-bond acceptors (Lipinski definition) is 7. The molecule has 0 saturated heterocycles. The predicted molar refractivity (Wildman–Crippen MR) is 141 cm³/mol. The molecule has 3 aromatic carbocycles. The number of aromatic nitrogens is 3. The van der Waals surface area contributed by atoms with E-state index >= 15 is 0 Å². The summed E-state index contributed by atoms with van der Waals surface area (Å²) in [7, 11) is 1.61. The molecule has 0 unspecified atom stereocenters. The fourth-order valence-electron chi connectivity index (χ4n) is 3.90. The third-order valence-electron chi connectivity index (χ3n) is 5.72. The molecule has 182 valence electrons. The van der Waals surface area contributed by atoms with Gasteiger partial charge in [-0.05, 0) is 62.4 Å². The summed E-state index contributed by atoms with van der Waals surface area (Å²) in [6, 6.07) is 22.4. The SMILES string of the molecule is CCOc1ccccc1-c1nc(CSc2nc3ccccc3c(=O)n2-c2ccc(OC)cc2)c(C)o1. The zero-order valence-corrected chi connectivity index (χ0v) is 21.0. The summed E-state index contributed by atoms with van der Waals surface area (Å²) >= 11 is 1.44. The van der Waals surface area contributed by atoms with Gasteiger partial charge in [0.25, 0.3) is 5.56 Å². The Balaban J connectivity index is 1.52. The number of nitrogens with zero attached hydrogens (tertiary/aromatic N) is 3. The van der Waals surface area contributed by atoms with E-state index in [4.69, 9.17) is 23.9 Å². The van der Waals surface area contributed by atoms with Crippen molar-refractivity contribution in [3.05, 3.63) is 94.6 Å². The van der Waals surface area contributed by atoms with Gasteiger partial charge in [0.1, 0.15) is 17.3 Å². The number of aryl methyl sites for hydroxylation is 1. The van der Waals surface area contributed by atoms with E-state index in [1.54, 1.807) is 17.7 Å². The second kappa shape index (κ2) is 10.3. The number of para-hydroxylation sites is 2. The summed E-state index contributed by atoms with van der Waals surface area (Å²) in [6.07, 6.45) is 0. The zero-order chi connectivity index (χ0) is 25.1. The molecule has 0 bridgehead atoms. The third-order valence-corrected chi connectivity index (χ3v) is 6.67. The lowest BCUT2D eigenvalue weighted by molar-refractivity contribution is 0.340. The van der Waals surface area contributed by atoms with E-state index in [2.05, 4.69) is 0 Å². The minimum absolute atomic E-state index is 0.128. The first-order valence-corrected chi connectivity index (χ1v) is 12.5. The molecule has 0 N–H and O–H groups in total. The molecule has 0 radical (unpaired) electrons. The molecule has 0 fully saturated rings. The van der Waals surface area contributed by atoms with Crippen LogP contribution in [0.15, 0.2) is 87.2 Å². The second-order valence-electron chi connectivity index (χ2n) is 7.99. The van der Waals surface area contributed by atoms with E-state index in [9.17, 15) is 4.79 Å². The predicted octanol–water partition coefficient (Wildman–Crippen LogP) is 6.05. The lowest BCUT2D eigenvalue weighted by atomic mass is 10.2. The first kappa shape index (κ1) is 23.7. The second-order valence-corrected chi connectivity index (χ2v) is 8.93. The van der Waals surface area contributed by atoms with Crippen LogP contribution in [0.3, 0.4) is 0 Å². The number of benzene rings is 3. The minimum Gasteiger partial charge on any atom is -0.497 e. The summed E-state index contributed by atoms with van der Waals surface area (Å²) in [6.45, 7) is 4.38. The van der Waals surface area contributed by atoms with Gasteiger partial charge in [-0.25, -0.2) is 9.97 Å². The van der Waals surface area contributed by atoms with E-state index < -0.39 is 0 Å². The first-order valence-electron chi connectivity index (χ1n) is 11.6. The highest BCUT2D eigenvalue weighted by molar-refractivity contribution is 7.98. The van der Waals surface area contributed by atoms with Gasteiger partial charge in [0.2, 0.25) is 5.89 Å². The van der Waals surface area contributed by atoms with Gasteiger partial charge in [-0.3, -0.25) is 9.36 Å². The van der Waals surface area contributed by atoms with Crippen LogP contribution >= 0.6 is 11.8 Å². The monoisotopic (exact) mass is 499 g/mol. The van der Waals surface area contributed by atoms with Gasteiger partial charge in [0, 0.05) is 5.75 Å². The van der Waals surface area contributed by atoms with Gasteiger partial charge in [-0.2, -0.15) is 0 Å². The average Bonchev–Trinajstić information content (AvgIpc) is 3.28. The maximum absolute atomic E-state index is 13.5. The molecule has 2 aromatic heterocycles. The standard InChI is InChI=1S/C28H25N3O4S/c1-4-34-25-12-8-6-10-22(25)26-29-24(18(2)35-26)17-36-28-30-23-11-7-5-9-21(23)27(32)31(28)19-13-15-20(33-3)16-14-19/h5-16H,4,17H2,1-3H3. The molecule has 0 saturated carbocycles. The summed E-state index contributed by atoms with van der Waals surface area (Å²) in [5, 5.41) is 1.13. The number of fused-ring (bicyclic) bond motifs is 1. The summed E-state index contributed by atoms with van der Waals surface area (Å²) < 4.78 is 18.7. The topological polar surface area (TPSA) is 79.4 Å². The van der Waals surface area contributed by atoms with Gasteiger partial charge in [0.15, 0.2) is 5.16 Å². The Labute approximate surface area is 212 Å². The molecule has 0 aliphatic carbocycles. The van der Waals surface area contributed by atoms with Gasteiger partial charge >= 0.3 is 0 Å². The van der Waals surface area contributed by atoms with Crippen molar-refractivity contribution < 1.29 is 13.9 Å². The molecular formula is C28H25N3O4S. The smallest absolute Gasteiger partial charge is 0.266 e. The summed E-state index contributed by atoms with van der Waals surface area (Å²) in [5.41, 5.74) is 2.82. The van der Waals surface area contributed by atoms with E-state index in [0.717, 1.165) is 17.0 Å². The average molecular weight is 500 g/mol. The molecule has 7 nitrogen and oxygen atoms in total.